The molecule has 1 aliphatic rings. The molecule has 1 aromatic rings. The van der Waals surface area contributed by atoms with Crippen LogP contribution in [-0.4, -0.2) is 36.1 Å². The molecule has 0 unspecified atom stereocenters. The van der Waals surface area contributed by atoms with Crippen LogP contribution in [0.4, 0.5) is 4.79 Å². The van der Waals surface area contributed by atoms with Crippen LogP contribution in [0, 0.1) is 5.92 Å². The Morgan fingerprint density at radius 3 is 2.67 bits per heavy atom. The molecule has 1 aliphatic heterocycles. The summed E-state index contributed by atoms with van der Waals surface area (Å²) in [6, 6.07) is 2.15. The Balaban J connectivity index is 1.64. The zero-order valence-corrected chi connectivity index (χ0v) is 14.1. The fourth-order valence-electron chi connectivity index (χ4n) is 2.61. The van der Waals surface area contributed by atoms with Crippen LogP contribution < -0.4 is 10.6 Å². The molecule has 2 rings (SSSR count). The van der Waals surface area contributed by atoms with Gasteiger partial charge in [-0.3, -0.25) is 4.90 Å². The van der Waals surface area contributed by atoms with Gasteiger partial charge >= 0.3 is 6.03 Å². The van der Waals surface area contributed by atoms with Gasteiger partial charge in [0.25, 0.3) is 0 Å². The van der Waals surface area contributed by atoms with Crippen molar-refractivity contribution in [2.75, 3.05) is 19.6 Å². The molecule has 21 heavy (non-hydrogen) atoms. The number of nitrogens with one attached hydrogen (secondary N) is 2. The van der Waals surface area contributed by atoms with Crippen molar-refractivity contribution in [1.82, 2.24) is 15.5 Å². The zero-order valence-electron chi connectivity index (χ0n) is 13.3. The van der Waals surface area contributed by atoms with Crippen LogP contribution in [0.15, 0.2) is 16.8 Å². The minimum atomic E-state index is -0.173. The van der Waals surface area contributed by atoms with Crippen molar-refractivity contribution in [2.45, 2.75) is 45.7 Å². The maximum Gasteiger partial charge on any atom is 0.315 e. The first-order valence-corrected chi connectivity index (χ1v) is 8.66. The lowest BCUT2D eigenvalue weighted by molar-refractivity contribution is 0.174. The number of amides is 2. The first kappa shape index (κ1) is 16.3. The summed E-state index contributed by atoms with van der Waals surface area (Å²) in [5.41, 5.74) is 1.25. The van der Waals surface area contributed by atoms with E-state index in [-0.39, 0.29) is 11.6 Å². The van der Waals surface area contributed by atoms with Gasteiger partial charge in [0.1, 0.15) is 0 Å². The van der Waals surface area contributed by atoms with Crippen LogP contribution in [-0.2, 0) is 6.54 Å². The minimum absolute atomic E-state index is 0.0526. The Bertz CT molecular complexity index is 431. The van der Waals surface area contributed by atoms with Crippen molar-refractivity contribution in [2.24, 2.45) is 5.92 Å². The summed E-state index contributed by atoms with van der Waals surface area (Å²) >= 11 is 1.76. The predicted molar refractivity (Wildman–Crippen MR) is 88.6 cm³/mol. The van der Waals surface area contributed by atoms with Crippen molar-refractivity contribution < 1.29 is 4.79 Å². The lowest BCUT2D eigenvalue weighted by Crippen LogP contribution is -2.48. The molecule has 4 nitrogen and oxygen atoms in total. The third-order valence-electron chi connectivity index (χ3n) is 3.73. The molecule has 0 saturated carbocycles. The van der Waals surface area contributed by atoms with E-state index in [0.29, 0.717) is 5.92 Å². The second-order valence-electron chi connectivity index (χ2n) is 6.94. The molecule has 0 spiro atoms. The molecule has 2 N–H and O–H groups in total. The number of likely N-dealkylation sites (tertiary alicyclic amines) is 1. The van der Waals surface area contributed by atoms with Crippen LogP contribution in [0.3, 0.4) is 0 Å². The Kier molecular flexibility index (Phi) is 5.65. The average molecular weight is 309 g/mol. The van der Waals surface area contributed by atoms with E-state index in [0.717, 1.165) is 26.2 Å². The van der Waals surface area contributed by atoms with Crippen LogP contribution >= 0.6 is 11.3 Å². The third kappa shape index (κ3) is 6.06. The molecule has 2 amide bonds. The molecule has 0 aromatic carbocycles. The van der Waals surface area contributed by atoms with Crippen LogP contribution in [0.2, 0.25) is 0 Å². The highest BCUT2D eigenvalue weighted by Crippen LogP contribution is 2.19. The normalized spacial score (nSPS) is 17.7. The van der Waals surface area contributed by atoms with Crippen molar-refractivity contribution in [3.05, 3.63) is 22.4 Å². The van der Waals surface area contributed by atoms with Gasteiger partial charge in [0.05, 0.1) is 0 Å². The fraction of sp³-hybridized carbons (Fsp3) is 0.688. The second-order valence-corrected chi connectivity index (χ2v) is 7.72. The monoisotopic (exact) mass is 309 g/mol. The molecule has 1 saturated heterocycles. The molecule has 0 aliphatic carbocycles. The van der Waals surface area contributed by atoms with Crippen LogP contribution in [0.1, 0.15) is 39.2 Å². The van der Waals surface area contributed by atoms with Gasteiger partial charge in [-0.2, -0.15) is 11.3 Å². The quantitative estimate of drug-likeness (QED) is 0.898. The smallest absolute Gasteiger partial charge is 0.315 e. The van der Waals surface area contributed by atoms with Crippen molar-refractivity contribution in [3.63, 3.8) is 0 Å². The van der Waals surface area contributed by atoms with E-state index < -0.39 is 0 Å². The van der Waals surface area contributed by atoms with Crippen molar-refractivity contribution in [3.8, 4) is 0 Å². The highest BCUT2D eigenvalue weighted by Gasteiger charge is 2.20. The Hall–Kier alpha value is -1.07. The van der Waals surface area contributed by atoms with Gasteiger partial charge in [0.2, 0.25) is 0 Å². The Morgan fingerprint density at radius 2 is 2.10 bits per heavy atom. The average Bonchev–Trinajstić information content (AvgIpc) is 2.89. The number of carbonyl (C=O) groups is 1. The number of piperidine rings is 1. The summed E-state index contributed by atoms with van der Waals surface area (Å²) in [4.78, 5) is 14.3. The first-order valence-electron chi connectivity index (χ1n) is 7.72. The molecule has 0 atom stereocenters. The standard InChI is InChI=1S/C16H27N3OS/c1-16(2,3)18-15(20)17-10-13-4-7-19(8-5-13)11-14-6-9-21-12-14/h6,9,12-13H,4-5,7-8,10-11H2,1-3H3,(H2,17,18,20). The summed E-state index contributed by atoms with van der Waals surface area (Å²) in [5.74, 6) is 0.606. The molecule has 2 heterocycles. The Labute approximate surface area is 131 Å². The number of rotatable bonds is 4. The number of carbonyl (C=O) groups excluding carboxylic acids is 1. The van der Waals surface area contributed by atoms with Gasteiger partial charge in [-0.1, -0.05) is 0 Å². The summed E-state index contributed by atoms with van der Waals surface area (Å²) in [6.07, 6.45) is 2.33. The van der Waals surface area contributed by atoms with E-state index in [9.17, 15) is 4.79 Å². The summed E-state index contributed by atoms with van der Waals surface area (Å²) in [7, 11) is 0. The molecular formula is C16H27N3OS. The van der Waals surface area contributed by atoms with E-state index in [1.165, 1.54) is 18.4 Å². The topological polar surface area (TPSA) is 44.4 Å². The van der Waals surface area contributed by atoms with Crippen LogP contribution in [0.25, 0.3) is 0 Å². The number of hydrogen-bond acceptors (Lipinski definition) is 3. The molecule has 5 heteroatoms. The third-order valence-corrected chi connectivity index (χ3v) is 4.47. The maximum absolute atomic E-state index is 11.7. The highest BCUT2D eigenvalue weighted by molar-refractivity contribution is 7.07. The van der Waals surface area contributed by atoms with Gasteiger partial charge in [-0.05, 0) is 75.0 Å². The SMILES string of the molecule is CC(C)(C)NC(=O)NCC1CCN(Cc2ccsc2)CC1. The maximum atomic E-state index is 11.7. The van der Waals surface area contributed by atoms with Gasteiger partial charge in [-0.25, -0.2) is 4.79 Å². The number of hydrogen-bond donors (Lipinski definition) is 2. The molecule has 1 fully saturated rings. The molecular weight excluding hydrogens is 282 g/mol. The van der Waals surface area contributed by atoms with E-state index in [1.807, 2.05) is 20.8 Å². The zero-order chi connectivity index (χ0) is 15.3. The highest BCUT2D eigenvalue weighted by atomic mass is 32.1. The van der Waals surface area contributed by atoms with Gasteiger partial charge in [-0.15, -0.1) is 0 Å². The number of nitrogens with zero attached hydrogens (tertiary/aromatic N) is 1. The predicted octanol–water partition coefficient (Wildman–Crippen LogP) is 3.06. The Morgan fingerprint density at radius 1 is 1.38 bits per heavy atom. The molecule has 0 radical (unpaired) electrons. The summed E-state index contributed by atoms with van der Waals surface area (Å²) in [6.45, 7) is 10.1. The fourth-order valence-corrected chi connectivity index (χ4v) is 3.27. The largest absolute Gasteiger partial charge is 0.338 e. The van der Waals surface area contributed by atoms with E-state index in [4.69, 9.17) is 0 Å². The second kappa shape index (κ2) is 7.27. The lowest BCUT2D eigenvalue weighted by Gasteiger charge is -2.32. The number of urea groups is 1. The number of thiophene rings is 1. The van der Waals surface area contributed by atoms with E-state index in [1.54, 1.807) is 11.3 Å². The van der Waals surface area contributed by atoms with Gasteiger partial charge in [0, 0.05) is 18.6 Å². The van der Waals surface area contributed by atoms with Gasteiger partial charge in [0.15, 0.2) is 0 Å². The van der Waals surface area contributed by atoms with Crippen molar-refractivity contribution >= 4 is 17.4 Å². The molecule has 1 aromatic heterocycles. The summed E-state index contributed by atoms with van der Waals surface area (Å²) < 4.78 is 0. The molecule has 118 valence electrons. The summed E-state index contributed by atoms with van der Waals surface area (Å²) in [5, 5.41) is 10.3. The first-order chi connectivity index (χ1) is 9.92. The van der Waals surface area contributed by atoms with E-state index in [2.05, 4.69) is 32.4 Å². The van der Waals surface area contributed by atoms with Crippen molar-refractivity contribution in [1.29, 1.82) is 0 Å². The lowest BCUT2D eigenvalue weighted by atomic mass is 9.96. The van der Waals surface area contributed by atoms with Gasteiger partial charge < -0.3 is 10.6 Å². The molecule has 0 bridgehead atoms. The van der Waals surface area contributed by atoms with E-state index >= 15 is 0 Å². The minimum Gasteiger partial charge on any atom is -0.338 e. The van der Waals surface area contributed by atoms with Crippen LogP contribution in [0.5, 0.6) is 0 Å².